The van der Waals surface area contributed by atoms with Gasteiger partial charge in [-0.2, -0.15) is 0 Å². The van der Waals surface area contributed by atoms with Gasteiger partial charge in [0.05, 0.1) is 51.5 Å². The quantitative estimate of drug-likeness (QED) is 0.237. The number of benzene rings is 3. The highest BCUT2D eigenvalue weighted by molar-refractivity contribution is 5.90. The largest absolute Gasteiger partial charge is 1.00 e. The number of nitrogens with zero attached hydrogens (tertiary/aromatic N) is 1. The molecule has 6 nitrogen and oxygen atoms in total. The van der Waals surface area contributed by atoms with E-state index < -0.39 is 0 Å². The molecule has 0 amide bonds. The lowest BCUT2D eigenvalue weighted by Crippen LogP contribution is -3.00. The maximum atomic E-state index is 6.32. The molecule has 3 aromatic carbocycles. The highest BCUT2D eigenvalue weighted by Gasteiger charge is 2.23. The molecule has 0 atom stereocenters. The first-order valence-electron chi connectivity index (χ1n) is 11.8. The van der Waals surface area contributed by atoms with Crippen LogP contribution in [0.3, 0.4) is 0 Å². The number of halogens is 1. The smallest absolute Gasteiger partial charge is 0.365 e. The zero-order valence-corrected chi connectivity index (χ0v) is 23.2. The van der Waals surface area contributed by atoms with Gasteiger partial charge in [0, 0.05) is 37.5 Å². The minimum Gasteiger partial charge on any atom is -1.00 e. The van der Waals surface area contributed by atoms with Gasteiger partial charge in [-0.3, -0.25) is 0 Å². The molecule has 198 valence electrons. The molecule has 1 heterocycles. The molecule has 0 spiro atoms. The average molecular weight is 534 g/mol. The van der Waals surface area contributed by atoms with Crippen LogP contribution in [0.15, 0.2) is 77.2 Å². The maximum Gasteiger partial charge on any atom is 0.365 e. The van der Waals surface area contributed by atoms with Gasteiger partial charge in [-0.1, -0.05) is 36.4 Å². The Morgan fingerprint density at radius 1 is 0.711 bits per heavy atom. The predicted octanol–water partition coefficient (Wildman–Crippen LogP) is 4.21. The Labute approximate surface area is 230 Å². The molecule has 4 aromatic rings. The summed E-state index contributed by atoms with van der Waals surface area (Å²) < 4.78 is 28.3. The van der Waals surface area contributed by atoms with Crippen molar-refractivity contribution in [3.05, 3.63) is 83.9 Å². The lowest BCUT2D eigenvalue weighted by atomic mass is 10.0. The van der Waals surface area contributed by atoms with Crippen molar-refractivity contribution >= 4 is 28.8 Å². The molecule has 1 aromatic heterocycles. The Morgan fingerprint density at radius 3 is 1.95 bits per heavy atom. The second-order valence-corrected chi connectivity index (χ2v) is 8.55. The molecule has 0 radical (unpaired) electrons. The molecule has 7 heteroatoms. The van der Waals surface area contributed by atoms with Gasteiger partial charge in [0.25, 0.3) is 0 Å². The van der Waals surface area contributed by atoms with Crippen molar-refractivity contribution in [1.29, 1.82) is 0 Å². The number of hydrogen-bond donors (Lipinski definition) is 0. The molecule has 0 N–H and O–H groups in total. The molecule has 0 aliphatic carbocycles. The summed E-state index contributed by atoms with van der Waals surface area (Å²) >= 11 is 0. The van der Waals surface area contributed by atoms with Gasteiger partial charge >= 0.3 is 11.3 Å². The Bertz CT molecular complexity index is 1420. The fraction of sp³-hybridized carbons (Fsp3) is 0.194. The van der Waals surface area contributed by atoms with Gasteiger partial charge in [0.2, 0.25) is 5.75 Å². The number of anilines is 1. The molecule has 0 fully saturated rings. The van der Waals surface area contributed by atoms with Crippen molar-refractivity contribution in [3.63, 3.8) is 0 Å². The van der Waals surface area contributed by atoms with E-state index in [-0.39, 0.29) is 12.4 Å². The van der Waals surface area contributed by atoms with Crippen molar-refractivity contribution in [2.45, 2.75) is 0 Å². The summed E-state index contributed by atoms with van der Waals surface area (Å²) in [5, 5.41) is 0.969. The van der Waals surface area contributed by atoms with Crippen molar-refractivity contribution in [1.82, 2.24) is 0 Å². The van der Waals surface area contributed by atoms with Gasteiger partial charge in [0.15, 0.2) is 11.5 Å². The third kappa shape index (κ3) is 6.21. The molecule has 0 saturated carbocycles. The van der Waals surface area contributed by atoms with Crippen molar-refractivity contribution in [2.24, 2.45) is 0 Å². The lowest BCUT2D eigenvalue weighted by molar-refractivity contribution is -0.00000894. The van der Waals surface area contributed by atoms with Gasteiger partial charge in [-0.05, 0) is 29.8 Å². The summed E-state index contributed by atoms with van der Waals surface area (Å²) in [5.41, 5.74) is 4.80. The highest BCUT2D eigenvalue weighted by atomic mass is 35.5. The van der Waals surface area contributed by atoms with Crippen LogP contribution in [0.4, 0.5) is 5.69 Å². The van der Waals surface area contributed by atoms with E-state index >= 15 is 0 Å². The van der Waals surface area contributed by atoms with Crippen LogP contribution >= 0.6 is 0 Å². The van der Waals surface area contributed by atoms with Crippen molar-refractivity contribution in [2.75, 3.05) is 47.4 Å². The number of fused-ring (bicyclic) bond motifs is 1. The van der Waals surface area contributed by atoms with Crippen LogP contribution in [0.25, 0.3) is 34.4 Å². The zero-order valence-electron chi connectivity index (χ0n) is 22.4. The Morgan fingerprint density at radius 2 is 1.37 bits per heavy atom. The van der Waals surface area contributed by atoms with Gasteiger partial charge in [0.1, 0.15) is 5.75 Å². The first kappa shape index (κ1) is 28.4. The normalized spacial score (nSPS) is 11.0. The molecule has 4 rings (SSSR count). The van der Waals surface area contributed by atoms with Crippen LogP contribution in [-0.4, -0.2) is 42.5 Å². The van der Waals surface area contributed by atoms with E-state index in [0.717, 1.165) is 22.1 Å². The molecule has 0 bridgehead atoms. The first-order valence-corrected chi connectivity index (χ1v) is 11.8. The minimum atomic E-state index is 0. The summed E-state index contributed by atoms with van der Waals surface area (Å²) in [7, 11) is 10.5. The molecule has 0 aliphatic heterocycles. The van der Waals surface area contributed by atoms with Crippen LogP contribution in [0.2, 0.25) is 0 Å². The molecular weight excluding hydrogens is 502 g/mol. The Balaban J connectivity index is 0.00000400. The third-order valence-corrected chi connectivity index (χ3v) is 6.04. The average Bonchev–Trinajstić information content (AvgIpc) is 2.93. The first-order chi connectivity index (χ1) is 18.0. The fourth-order valence-corrected chi connectivity index (χ4v) is 4.03. The molecular formula is C31H32ClNO5. The molecule has 0 aliphatic rings. The maximum absolute atomic E-state index is 6.32. The Hall–Kier alpha value is -4.16. The molecule has 0 saturated heterocycles. The number of rotatable bonds is 9. The van der Waals surface area contributed by atoms with E-state index in [9.17, 15) is 0 Å². The topological polar surface area (TPSA) is 51.5 Å². The van der Waals surface area contributed by atoms with E-state index in [0.29, 0.717) is 34.3 Å². The van der Waals surface area contributed by atoms with E-state index in [1.165, 1.54) is 5.69 Å². The number of allylic oxidation sites excluding steroid dienone is 2. The minimum absolute atomic E-state index is 0. The van der Waals surface area contributed by atoms with Gasteiger partial charge < -0.3 is 36.3 Å². The van der Waals surface area contributed by atoms with E-state index in [1.54, 1.807) is 28.4 Å². The zero-order chi connectivity index (χ0) is 26.4. The molecule has 38 heavy (non-hydrogen) atoms. The van der Waals surface area contributed by atoms with E-state index in [1.807, 2.05) is 62.6 Å². The second kappa shape index (κ2) is 12.9. The Kier molecular flexibility index (Phi) is 9.63. The molecule has 0 unspecified atom stereocenters. The second-order valence-electron chi connectivity index (χ2n) is 8.55. The van der Waals surface area contributed by atoms with Gasteiger partial charge in [-0.25, -0.2) is 4.42 Å². The summed E-state index contributed by atoms with van der Waals surface area (Å²) in [6.45, 7) is 0. The summed E-state index contributed by atoms with van der Waals surface area (Å²) in [4.78, 5) is 2.08. The summed E-state index contributed by atoms with van der Waals surface area (Å²) in [5.74, 6) is 3.01. The van der Waals surface area contributed by atoms with Crippen molar-refractivity contribution in [3.8, 4) is 34.3 Å². The fourth-order valence-electron chi connectivity index (χ4n) is 4.03. The van der Waals surface area contributed by atoms with Crippen LogP contribution in [0.5, 0.6) is 23.0 Å². The van der Waals surface area contributed by atoms with Crippen molar-refractivity contribution < 1.29 is 35.8 Å². The standard InChI is InChI=1S/C31H32NO5.ClH/c1-32(2)24-13-11-21(12-14-24)9-7-8-10-22-17-27(37-28-20-25(33-3)15-16-26(22)28)23-18-29(34-4)31(36-6)30(19-23)35-5;/h7-20H,1-6H3;1H/q+1;/p-1/b9-7+,10-8+;. The highest BCUT2D eigenvalue weighted by Crippen LogP contribution is 2.42. The SMILES string of the molecule is COc1ccc2c(/C=C/C=C/c3ccc(N(C)C)cc3)cc(-c3cc(OC)c(OC)c(OC)c3)[o+]c2c1.[Cl-]. The number of hydrogen-bond acceptors (Lipinski definition) is 5. The predicted molar refractivity (Wildman–Crippen MR) is 151 cm³/mol. The van der Waals surface area contributed by atoms with Crippen LogP contribution < -0.4 is 36.3 Å². The lowest BCUT2D eigenvalue weighted by Gasteiger charge is -2.12. The number of methoxy groups -OCH3 is 4. The van der Waals surface area contributed by atoms with Gasteiger partial charge in [-0.15, -0.1) is 0 Å². The van der Waals surface area contributed by atoms with Crippen LogP contribution in [0.1, 0.15) is 11.1 Å². The summed E-state index contributed by atoms with van der Waals surface area (Å²) in [6, 6.07) is 20.0. The summed E-state index contributed by atoms with van der Waals surface area (Å²) in [6.07, 6.45) is 8.20. The van der Waals surface area contributed by atoms with E-state index in [2.05, 4.69) is 41.3 Å². The van der Waals surface area contributed by atoms with Crippen LogP contribution in [-0.2, 0) is 0 Å². The monoisotopic (exact) mass is 533 g/mol. The third-order valence-electron chi connectivity index (χ3n) is 6.04. The van der Waals surface area contributed by atoms with E-state index in [4.69, 9.17) is 23.4 Å². The van der Waals surface area contributed by atoms with Crippen LogP contribution in [0, 0.1) is 0 Å². The number of ether oxygens (including phenoxy) is 4.